The Morgan fingerprint density at radius 3 is 2.62 bits per heavy atom. The van der Waals surface area contributed by atoms with Gasteiger partial charge in [-0.15, -0.1) is 0 Å². The molecule has 3 heterocycles. The zero-order chi connectivity index (χ0) is 17.2. The molecule has 0 saturated carbocycles. The summed E-state index contributed by atoms with van der Waals surface area (Å²) in [6.45, 7) is 8.26. The van der Waals surface area contributed by atoms with Gasteiger partial charge in [-0.25, -0.2) is 14.8 Å². The van der Waals surface area contributed by atoms with Gasteiger partial charge < -0.3 is 14.5 Å². The van der Waals surface area contributed by atoms with Gasteiger partial charge in [0.1, 0.15) is 11.4 Å². The number of piperazine rings is 1. The third-order valence-electron chi connectivity index (χ3n) is 3.65. The number of aromatic nitrogens is 4. The number of H-pyrrole nitrogens is 1. The molecule has 0 bridgehead atoms. The van der Waals surface area contributed by atoms with Crippen LogP contribution >= 0.6 is 0 Å². The van der Waals surface area contributed by atoms with Crippen LogP contribution in [0.4, 0.5) is 10.6 Å². The molecule has 2 aromatic rings. The second-order valence-electron chi connectivity index (χ2n) is 6.68. The van der Waals surface area contributed by atoms with E-state index < -0.39 is 5.60 Å². The van der Waals surface area contributed by atoms with Crippen molar-refractivity contribution in [2.24, 2.45) is 0 Å². The van der Waals surface area contributed by atoms with E-state index in [2.05, 4.69) is 25.1 Å². The van der Waals surface area contributed by atoms with E-state index in [1.165, 1.54) is 0 Å². The number of rotatable bonds is 2. The lowest BCUT2D eigenvalue weighted by atomic mass is 10.2. The van der Waals surface area contributed by atoms with E-state index in [-0.39, 0.29) is 6.09 Å². The Morgan fingerprint density at radius 1 is 1.25 bits per heavy atom. The fourth-order valence-corrected chi connectivity index (χ4v) is 2.48. The zero-order valence-electron chi connectivity index (χ0n) is 14.2. The molecule has 1 aliphatic heterocycles. The lowest BCUT2D eigenvalue weighted by molar-refractivity contribution is 0.0240. The van der Waals surface area contributed by atoms with Crippen LogP contribution in [-0.2, 0) is 4.74 Å². The van der Waals surface area contributed by atoms with E-state index in [9.17, 15) is 4.79 Å². The average Bonchev–Trinajstić information content (AvgIpc) is 3.08. The molecule has 1 saturated heterocycles. The van der Waals surface area contributed by atoms with Crippen LogP contribution in [0.25, 0.3) is 11.4 Å². The van der Waals surface area contributed by atoms with Crippen molar-refractivity contribution < 1.29 is 9.53 Å². The van der Waals surface area contributed by atoms with Gasteiger partial charge in [-0.05, 0) is 26.8 Å². The van der Waals surface area contributed by atoms with Gasteiger partial charge in [-0.1, -0.05) is 0 Å². The summed E-state index contributed by atoms with van der Waals surface area (Å²) in [4.78, 5) is 24.9. The van der Waals surface area contributed by atoms with Crippen LogP contribution in [0.5, 0.6) is 0 Å². The van der Waals surface area contributed by atoms with Gasteiger partial charge in [0.2, 0.25) is 0 Å². The van der Waals surface area contributed by atoms with Gasteiger partial charge in [0.05, 0.1) is 11.8 Å². The van der Waals surface area contributed by atoms with Gasteiger partial charge in [0, 0.05) is 38.6 Å². The molecule has 24 heavy (non-hydrogen) atoms. The van der Waals surface area contributed by atoms with Gasteiger partial charge >= 0.3 is 6.09 Å². The highest BCUT2D eigenvalue weighted by Gasteiger charge is 2.26. The predicted molar refractivity (Wildman–Crippen MR) is 89.6 cm³/mol. The summed E-state index contributed by atoms with van der Waals surface area (Å²) in [7, 11) is 0. The van der Waals surface area contributed by atoms with Crippen molar-refractivity contribution in [3.63, 3.8) is 0 Å². The van der Waals surface area contributed by atoms with Gasteiger partial charge in [-0.3, -0.25) is 5.10 Å². The molecule has 1 N–H and O–H groups in total. The molecular weight excluding hydrogens is 308 g/mol. The number of hydrogen-bond acceptors (Lipinski definition) is 6. The van der Waals surface area contributed by atoms with Crippen molar-refractivity contribution in [3.8, 4) is 11.4 Å². The molecule has 1 fully saturated rings. The summed E-state index contributed by atoms with van der Waals surface area (Å²) in [5.41, 5.74) is 0.379. The minimum atomic E-state index is -0.472. The van der Waals surface area contributed by atoms with E-state index in [4.69, 9.17) is 4.74 Å². The van der Waals surface area contributed by atoms with Gasteiger partial charge in [0.15, 0.2) is 5.82 Å². The molecule has 1 amide bonds. The summed E-state index contributed by atoms with van der Waals surface area (Å²) in [6.07, 6.45) is 4.94. The van der Waals surface area contributed by atoms with E-state index in [0.717, 1.165) is 11.4 Å². The second-order valence-corrected chi connectivity index (χ2v) is 6.68. The minimum absolute atomic E-state index is 0.260. The van der Waals surface area contributed by atoms with Crippen LogP contribution in [-0.4, -0.2) is 62.9 Å². The molecule has 0 radical (unpaired) electrons. The van der Waals surface area contributed by atoms with Gasteiger partial charge in [0.25, 0.3) is 0 Å². The zero-order valence-corrected chi connectivity index (χ0v) is 14.2. The SMILES string of the molecule is CC(C)(C)OC(=O)N1CCN(c2ccnc(-c3cn[nH]c3)n2)CC1. The number of carbonyl (C=O) groups is 1. The van der Waals surface area contributed by atoms with Gasteiger partial charge in [-0.2, -0.15) is 5.10 Å². The molecule has 3 rings (SSSR count). The molecule has 0 atom stereocenters. The van der Waals surface area contributed by atoms with E-state index in [0.29, 0.717) is 32.0 Å². The third-order valence-corrected chi connectivity index (χ3v) is 3.65. The van der Waals surface area contributed by atoms with Crippen LogP contribution in [0.2, 0.25) is 0 Å². The van der Waals surface area contributed by atoms with Crippen LogP contribution in [0, 0.1) is 0 Å². The molecule has 1 aliphatic rings. The first-order chi connectivity index (χ1) is 11.4. The Bertz CT molecular complexity index is 687. The van der Waals surface area contributed by atoms with Crippen molar-refractivity contribution >= 4 is 11.9 Å². The molecule has 0 aromatic carbocycles. The molecule has 128 valence electrons. The highest BCUT2D eigenvalue weighted by molar-refractivity contribution is 5.68. The lowest BCUT2D eigenvalue weighted by Gasteiger charge is -2.36. The number of anilines is 1. The predicted octanol–water partition coefficient (Wildman–Crippen LogP) is 1.92. The summed E-state index contributed by atoms with van der Waals surface area (Å²) < 4.78 is 5.42. The summed E-state index contributed by atoms with van der Waals surface area (Å²) in [5, 5.41) is 6.68. The summed E-state index contributed by atoms with van der Waals surface area (Å²) >= 11 is 0. The smallest absolute Gasteiger partial charge is 0.410 e. The normalized spacial score (nSPS) is 15.5. The molecule has 0 spiro atoms. The van der Waals surface area contributed by atoms with E-state index in [1.807, 2.05) is 26.8 Å². The topological polar surface area (TPSA) is 87.2 Å². The number of amides is 1. The largest absolute Gasteiger partial charge is 0.444 e. The number of ether oxygens (including phenoxy) is 1. The number of carbonyl (C=O) groups excluding carboxylic acids is 1. The summed E-state index contributed by atoms with van der Waals surface area (Å²) in [6, 6.07) is 1.88. The van der Waals surface area contributed by atoms with Crippen LogP contribution in [0.15, 0.2) is 24.7 Å². The maximum absolute atomic E-state index is 12.1. The van der Waals surface area contributed by atoms with Crippen LogP contribution in [0.1, 0.15) is 20.8 Å². The molecule has 8 heteroatoms. The number of aromatic amines is 1. The number of hydrogen-bond donors (Lipinski definition) is 1. The Morgan fingerprint density at radius 2 is 2.00 bits per heavy atom. The van der Waals surface area contributed by atoms with Crippen molar-refractivity contribution in [1.82, 2.24) is 25.1 Å². The van der Waals surface area contributed by atoms with Crippen molar-refractivity contribution in [3.05, 3.63) is 24.7 Å². The van der Waals surface area contributed by atoms with Crippen molar-refractivity contribution in [1.29, 1.82) is 0 Å². The average molecular weight is 330 g/mol. The fourth-order valence-electron chi connectivity index (χ4n) is 2.48. The Hall–Kier alpha value is -2.64. The quantitative estimate of drug-likeness (QED) is 0.905. The Kier molecular flexibility index (Phi) is 4.37. The fraction of sp³-hybridized carbons (Fsp3) is 0.500. The standard InChI is InChI=1S/C16H22N6O2/c1-16(2,3)24-15(23)22-8-6-21(7-9-22)13-4-5-17-14(20-13)12-10-18-19-11-12/h4-5,10-11H,6-9H2,1-3H3,(H,18,19). The molecule has 0 aliphatic carbocycles. The Balaban J connectivity index is 1.63. The highest BCUT2D eigenvalue weighted by atomic mass is 16.6. The minimum Gasteiger partial charge on any atom is -0.444 e. The molecule has 8 nitrogen and oxygen atoms in total. The third kappa shape index (κ3) is 3.81. The molecule has 2 aromatic heterocycles. The van der Waals surface area contributed by atoms with Crippen LogP contribution in [0.3, 0.4) is 0 Å². The number of nitrogens with zero attached hydrogens (tertiary/aromatic N) is 5. The highest BCUT2D eigenvalue weighted by Crippen LogP contribution is 2.19. The first kappa shape index (κ1) is 16.2. The molecule has 0 unspecified atom stereocenters. The first-order valence-electron chi connectivity index (χ1n) is 7.97. The monoisotopic (exact) mass is 330 g/mol. The second kappa shape index (κ2) is 6.46. The van der Waals surface area contributed by atoms with Crippen LogP contribution < -0.4 is 4.90 Å². The maximum atomic E-state index is 12.1. The first-order valence-corrected chi connectivity index (χ1v) is 7.97. The Labute approximate surface area is 140 Å². The summed E-state index contributed by atoms with van der Waals surface area (Å²) in [5.74, 6) is 1.49. The maximum Gasteiger partial charge on any atom is 0.410 e. The van der Waals surface area contributed by atoms with E-state index >= 15 is 0 Å². The number of nitrogens with one attached hydrogen (secondary N) is 1. The van der Waals surface area contributed by atoms with E-state index in [1.54, 1.807) is 23.5 Å². The lowest BCUT2D eigenvalue weighted by Crippen LogP contribution is -2.50. The molecular formula is C16H22N6O2. The van der Waals surface area contributed by atoms with Crippen molar-refractivity contribution in [2.45, 2.75) is 26.4 Å². The van der Waals surface area contributed by atoms with Crippen molar-refractivity contribution in [2.75, 3.05) is 31.1 Å².